The van der Waals surface area contributed by atoms with Gasteiger partial charge >= 0.3 is 5.97 Å². The van der Waals surface area contributed by atoms with Crippen LogP contribution in [-0.4, -0.2) is 42.8 Å². The highest BCUT2D eigenvalue weighted by atomic mass is 16.5. The Bertz CT molecular complexity index is 500. The van der Waals surface area contributed by atoms with E-state index < -0.39 is 18.0 Å². The van der Waals surface area contributed by atoms with E-state index in [4.69, 9.17) is 9.47 Å². The molecule has 0 aromatic heterocycles. The molecule has 0 aliphatic rings. The molecule has 0 fully saturated rings. The number of benzene rings is 1. The molecule has 0 aliphatic carbocycles. The lowest BCUT2D eigenvalue weighted by molar-refractivity contribution is -0.142. The maximum atomic E-state index is 11.8. The minimum absolute atomic E-state index is 0.0682. The molecular weight excluding hydrogens is 298 g/mol. The summed E-state index contributed by atoms with van der Waals surface area (Å²) in [6.45, 7) is 6.43. The van der Waals surface area contributed by atoms with Gasteiger partial charge in [0.05, 0.1) is 12.5 Å². The molecule has 1 aromatic carbocycles. The molecule has 6 heteroatoms. The van der Waals surface area contributed by atoms with Crippen LogP contribution in [0.5, 0.6) is 5.75 Å². The van der Waals surface area contributed by atoms with Gasteiger partial charge in [0.15, 0.2) is 0 Å². The van der Waals surface area contributed by atoms with Crippen LogP contribution < -0.4 is 10.1 Å². The number of hydrogen-bond donors (Lipinski definition) is 2. The fourth-order valence-electron chi connectivity index (χ4n) is 2.11. The van der Waals surface area contributed by atoms with Crippen molar-refractivity contribution in [3.63, 3.8) is 0 Å². The Balaban J connectivity index is 2.58. The van der Waals surface area contributed by atoms with Crippen molar-refractivity contribution >= 4 is 11.9 Å². The van der Waals surface area contributed by atoms with E-state index in [1.165, 1.54) is 0 Å². The number of amides is 1. The van der Waals surface area contributed by atoms with E-state index in [0.717, 1.165) is 11.3 Å². The number of nitrogens with one attached hydrogen (secondary N) is 1. The third-order valence-corrected chi connectivity index (χ3v) is 3.37. The predicted octanol–water partition coefficient (Wildman–Crippen LogP) is 1.87. The molecule has 0 saturated heterocycles. The van der Waals surface area contributed by atoms with Crippen LogP contribution in [0, 0.1) is 5.92 Å². The molecule has 0 saturated carbocycles. The summed E-state index contributed by atoms with van der Waals surface area (Å²) < 4.78 is 10.5. The number of hydrogen-bond acceptors (Lipinski definition) is 4. The molecule has 0 spiro atoms. The summed E-state index contributed by atoms with van der Waals surface area (Å²) in [5.41, 5.74) is 0.882. The first-order valence-corrected chi connectivity index (χ1v) is 7.81. The average Bonchev–Trinajstić information content (AvgIpc) is 2.52. The summed E-state index contributed by atoms with van der Waals surface area (Å²) in [6, 6.07) is 7.30. The van der Waals surface area contributed by atoms with Gasteiger partial charge in [-0.05, 0) is 44.9 Å². The first kappa shape index (κ1) is 19.0. The maximum Gasteiger partial charge on any atom is 0.308 e. The van der Waals surface area contributed by atoms with Crippen LogP contribution in [0.4, 0.5) is 0 Å². The van der Waals surface area contributed by atoms with E-state index in [1.807, 2.05) is 31.2 Å². The van der Waals surface area contributed by atoms with Gasteiger partial charge in [-0.2, -0.15) is 0 Å². The highest BCUT2D eigenvalue weighted by molar-refractivity contribution is 5.81. The number of carbonyl (C=O) groups is 2. The Morgan fingerprint density at radius 1 is 1.17 bits per heavy atom. The van der Waals surface area contributed by atoms with Gasteiger partial charge < -0.3 is 19.9 Å². The van der Waals surface area contributed by atoms with Crippen molar-refractivity contribution < 1.29 is 24.2 Å². The molecule has 6 nitrogen and oxygen atoms in total. The second-order valence-corrected chi connectivity index (χ2v) is 5.16. The summed E-state index contributed by atoms with van der Waals surface area (Å²) in [6.07, 6.45) is -0.245. The van der Waals surface area contributed by atoms with Crippen molar-refractivity contribution in [1.82, 2.24) is 5.32 Å². The minimum Gasteiger partial charge on any atom is -0.494 e. The van der Waals surface area contributed by atoms with Gasteiger partial charge in [-0.25, -0.2) is 0 Å². The number of carbonyl (C=O) groups excluding carboxylic acids is 1. The molecule has 2 atom stereocenters. The molecular formula is C17H25NO5. The largest absolute Gasteiger partial charge is 0.494 e. The lowest BCUT2D eigenvalue weighted by Crippen LogP contribution is -2.39. The first-order chi connectivity index (χ1) is 11.0. The molecule has 1 rings (SSSR count). The Morgan fingerprint density at radius 3 is 2.35 bits per heavy atom. The highest BCUT2D eigenvalue weighted by Gasteiger charge is 2.21. The van der Waals surface area contributed by atoms with Crippen LogP contribution in [0.25, 0.3) is 0 Å². The summed E-state index contributed by atoms with van der Waals surface area (Å²) >= 11 is 0. The zero-order valence-electron chi connectivity index (χ0n) is 13.9. The second kappa shape index (κ2) is 9.84. The van der Waals surface area contributed by atoms with Crippen LogP contribution in [0.3, 0.4) is 0 Å². The zero-order valence-corrected chi connectivity index (χ0v) is 13.9. The van der Waals surface area contributed by atoms with Gasteiger partial charge in [0.1, 0.15) is 11.9 Å². The van der Waals surface area contributed by atoms with E-state index in [0.29, 0.717) is 19.6 Å². The molecule has 0 heterocycles. The summed E-state index contributed by atoms with van der Waals surface area (Å²) in [5, 5.41) is 12.0. The van der Waals surface area contributed by atoms with E-state index in [9.17, 15) is 14.7 Å². The molecule has 2 unspecified atom stereocenters. The number of ether oxygens (including phenoxy) is 2. The lowest BCUT2D eigenvalue weighted by Gasteiger charge is -2.16. The number of rotatable bonds is 10. The maximum absolute atomic E-state index is 11.8. The van der Waals surface area contributed by atoms with Gasteiger partial charge in [0.2, 0.25) is 5.91 Å². The molecule has 1 aromatic rings. The van der Waals surface area contributed by atoms with Crippen LogP contribution >= 0.6 is 0 Å². The fraction of sp³-hybridized carbons (Fsp3) is 0.529. The normalized spacial score (nSPS) is 13.2. The van der Waals surface area contributed by atoms with Crippen LogP contribution in [0.2, 0.25) is 0 Å². The Labute approximate surface area is 136 Å². The van der Waals surface area contributed by atoms with Gasteiger partial charge in [-0.3, -0.25) is 9.59 Å². The first-order valence-electron chi connectivity index (χ1n) is 7.81. The van der Waals surface area contributed by atoms with Crippen molar-refractivity contribution in [2.45, 2.75) is 33.3 Å². The monoisotopic (exact) mass is 323 g/mol. The average molecular weight is 323 g/mol. The molecule has 23 heavy (non-hydrogen) atoms. The van der Waals surface area contributed by atoms with Crippen molar-refractivity contribution in [1.29, 1.82) is 0 Å². The number of carboxylic acids is 1. The minimum atomic E-state index is -0.941. The Hall–Kier alpha value is -2.08. The third kappa shape index (κ3) is 6.69. The number of carboxylic acid groups (broad SMARTS) is 1. The van der Waals surface area contributed by atoms with Gasteiger partial charge in [-0.15, -0.1) is 0 Å². The van der Waals surface area contributed by atoms with Gasteiger partial charge in [-0.1, -0.05) is 12.1 Å². The summed E-state index contributed by atoms with van der Waals surface area (Å²) in [4.78, 5) is 23.2. The smallest absolute Gasteiger partial charge is 0.308 e. The van der Waals surface area contributed by atoms with Crippen molar-refractivity contribution in [3.05, 3.63) is 29.8 Å². The topological polar surface area (TPSA) is 84.9 Å². The number of aliphatic carboxylic acids is 1. The Morgan fingerprint density at radius 2 is 1.83 bits per heavy atom. The van der Waals surface area contributed by atoms with Gasteiger partial charge in [0, 0.05) is 13.2 Å². The van der Waals surface area contributed by atoms with Crippen molar-refractivity contribution in [2.24, 2.45) is 5.92 Å². The van der Waals surface area contributed by atoms with Crippen LogP contribution in [0.15, 0.2) is 24.3 Å². The van der Waals surface area contributed by atoms with E-state index >= 15 is 0 Å². The van der Waals surface area contributed by atoms with Crippen LogP contribution in [0.1, 0.15) is 26.3 Å². The molecule has 0 bridgehead atoms. The standard InChI is InChI=1S/C17H25NO5/c1-4-22-12(3)16(19)18-11-14(17(20)21)10-13-6-8-15(9-7-13)23-5-2/h6-9,12,14H,4-5,10-11H2,1-3H3,(H,18,19)(H,20,21). The molecule has 128 valence electrons. The van der Waals surface area contributed by atoms with Gasteiger partial charge in [0.25, 0.3) is 0 Å². The van der Waals surface area contributed by atoms with E-state index in [2.05, 4.69) is 5.32 Å². The van der Waals surface area contributed by atoms with Crippen molar-refractivity contribution in [3.8, 4) is 5.75 Å². The lowest BCUT2D eigenvalue weighted by atomic mass is 9.99. The quantitative estimate of drug-likeness (QED) is 0.686. The highest BCUT2D eigenvalue weighted by Crippen LogP contribution is 2.15. The van der Waals surface area contributed by atoms with Crippen molar-refractivity contribution in [2.75, 3.05) is 19.8 Å². The molecule has 1 amide bonds. The fourth-order valence-corrected chi connectivity index (χ4v) is 2.11. The van der Waals surface area contributed by atoms with Crippen LogP contribution in [-0.2, 0) is 20.7 Å². The predicted molar refractivity (Wildman–Crippen MR) is 86.5 cm³/mol. The summed E-state index contributed by atoms with van der Waals surface area (Å²) in [7, 11) is 0. The molecule has 0 radical (unpaired) electrons. The SMILES string of the molecule is CCOc1ccc(CC(CNC(=O)C(C)OCC)C(=O)O)cc1. The third-order valence-electron chi connectivity index (χ3n) is 3.37. The van der Waals surface area contributed by atoms with E-state index in [1.54, 1.807) is 13.8 Å². The second-order valence-electron chi connectivity index (χ2n) is 5.16. The molecule has 2 N–H and O–H groups in total. The van der Waals surface area contributed by atoms with E-state index in [-0.39, 0.29) is 12.5 Å². The Kier molecular flexibility index (Phi) is 8.11. The molecule has 0 aliphatic heterocycles. The summed E-state index contributed by atoms with van der Waals surface area (Å²) in [5.74, 6) is -1.18. The zero-order chi connectivity index (χ0) is 17.2.